The van der Waals surface area contributed by atoms with Crippen LogP contribution in [0.2, 0.25) is 0 Å². The molecule has 0 aliphatic heterocycles. The molecule has 1 unspecified atom stereocenters. The number of aromatic nitrogens is 3. The summed E-state index contributed by atoms with van der Waals surface area (Å²) in [6, 6.07) is 19.0. The summed E-state index contributed by atoms with van der Waals surface area (Å²) >= 11 is 0. The lowest BCUT2D eigenvalue weighted by Crippen LogP contribution is -2.32. The van der Waals surface area contributed by atoms with Crippen LogP contribution in [-0.2, 0) is 7.05 Å². The lowest BCUT2D eigenvalue weighted by Gasteiger charge is -2.20. The number of hydrogen-bond acceptors (Lipinski definition) is 3. The number of nitrogens with one attached hydrogen (secondary N) is 1. The number of hydrogen-bond donors (Lipinski definition) is 1. The van der Waals surface area contributed by atoms with Crippen LogP contribution in [0.15, 0.2) is 79.1 Å². The molecule has 0 saturated carbocycles. The second-order valence-corrected chi connectivity index (χ2v) is 7.02. The van der Waals surface area contributed by atoms with Crippen molar-refractivity contribution in [3.63, 3.8) is 0 Å². The van der Waals surface area contributed by atoms with Crippen LogP contribution in [0.4, 0.5) is 4.39 Å². The van der Waals surface area contributed by atoms with Gasteiger partial charge in [0.25, 0.3) is 5.91 Å². The Kier molecular flexibility index (Phi) is 5.39. The van der Waals surface area contributed by atoms with E-state index >= 15 is 0 Å². The number of nitrogens with zero attached hydrogens (tertiary/aromatic N) is 3. The van der Waals surface area contributed by atoms with Crippen LogP contribution >= 0.6 is 0 Å². The van der Waals surface area contributed by atoms with Gasteiger partial charge in [-0.3, -0.25) is 9.78 Å². The predicted octanol–water partition coefficient (Wildman–Crippen LogP) is 4.45. The molecule has 4 aromatic rings. The summed E-state index contributed by atoms with van der Waals surface area (Å²) in [5.41, 5.74) is 3.15. The Balaban J connectivity index is 1.67. The van der Waals surface area contributed by atoms with Gasteiger partial charge >= 0.3 is 0 Å². The molecule has 0 aliphatic rings. The summed E-state index contributed by atoms with van der Waals surface area (Å²) in [5.74, 6) is -0.198. The minimum atomic E-state index is -0.730. The van der Waals surface area contributed by atoms with Crippen molar-refractivity contribution in [2.75, 3.05) is 0 Å². The largest absolute Gasteiger partial charge is 0.338 e. The molecule has 0 fully saturated rings. The molecule has 2 aromatic heterocycles. The number of carbonyl (C=O) groups is 1. The first-order chi connectivity index (χ1) is 14.5. The normalized spacial score (nSPS) is 11.8. The molecule has 0 saturated heterocycles. The average molecular weight is 400 g/mol. The van der Waals surface area contributed by atoms with Crippen molar-refractivity contribution < 1.29 is 9.18 Å². The molecular formula is C24H21FN4O. The van der Waals surface area contributed by atoms with Gasteiger partial charge in [0.15, 0.2) is 0 Å². The zero-order valence-corrected chi connectivity index (χ0v) is 16.7. The van der Waals surface area contributed by atoms with Gasteiger partial charge < -0.3 is 9.88 Å². The molecule has 150 valence electrons. The monoisotopic (exact) mass is 400 g/mol. The fourth-order valence-electron chi connectivity index (χ4n) is 3.43. The quantitative estimate of drug-likeness (QED) is 0.538. The minimum Gasteiger partial charge on any atom is -0.338 e. The van der Waals surface area contributed by atoms with Crippen LogP contribution in [0.25, 0.3) is 11.3 Å². The van der Waals surface area contributed by atoms with E-state index in [4.69, 9.17) is 0 Å². The van der Waals surface area contributed by atoms with Crippen LogP contribution in [0.1, 0.15) is 33.5 Å². The van der Waals surface area contributed by atoms with Crippen LogP contribution in [0.3, 0.4) is 0 Å². The lowest BCUT2D eigenvalue weighted by molar-refractivity contribution is 0.0939. The van der Waals surface area contributed by atoms with E-state index in [2.05, 4.69) is 15.3 Å². The summed E-state index contributed by atoms with van der Waals surface area (Å²) < 4.78 is 16.3. The third-order valence-corrected chi connectivity index (χ3v) is 5.01. The molecule has 0 spiro atoms. The number of aryl methyl sites for hydroxylation is 2. The summed E-state index contributed by atoms with van der Waals surface area (Å²) in [5, 5.41) is 2.93. The standard InChI is InChI=1S/C24H21FN4O/c1-16-18(12-13-21(27-16)17-8-4-3-5-9-17)24(30)28-22(23-26-14-15-29(23)2)19-10-6-7-11-20(19)25/h3-15,22H,1-2H3,(H,28,30). The number of carbonyl (C=O) groups excluding carboxylic acids is 1. The van der Waals surface area contributed by atoms with Gasteiger partial charge in [0, 0.05) is 30.6 Å². The number of imidazole rings is 1. The van der Waals surface area contributed by atoms with Crippen molar-refractivity contribution in [2.24, 2.45) is 7.05 Å². The van der Waals surface area contributed by atoms with E-state index in [1.54, 1.807) is 48.1 Å². The highest BCUT2D eigenvalue weighted by Gasteiger charge is 2.25. The van der Waals surface area contributed by atoms with Crippen molar-refractivity contribution in [3.8, 4) is 11.3 Å². The number of amides is 1. The van der Waals surface area contributed by atoms with E-state index in [-0.39, 0.29) is 5.91 Å². The van der Waals surface area contributed by atoms with E-state index in [1.165, 1.54) is 6.07 Å². The van der Waals surface area contributed by atoms with Gasteiger partial charge in [-0.15, -0.1) is 0 Å². The maximum absolute atomic E-state index is 14.5. The van der Waals surface area contributed by atoms with Gasteiger partial charge in [-0.1, -0.05) is 48.5 Å². The molecule has 6 heteroatoms. The fourth-order valence-corrected chi connectivity index (χ4v) is 3.43. The molecule has 0 bridgehead atoms. The Morgan fingerprint density at radius 2 is 1.77 bits per heavy atom. The van der Waals surface area contributed by atoms with Crippen molar-refractivity contribution >= 4 is 5.91 Å². The first-order valence-electron chi connectivity index (χ1n) is 9.60. The minimum absolute atomic E-state index is 0.337. The highest BCUT2D eigenvalue weighted by atomic mass is 19.1. The Hall–Kier alpha value is -3.80. The highest BCUT2D eigenvalue weighted by molar-refractivity contribution is 5.96. The van der Waals surface area contributed by atoms with Crippen molar-refractivity contribution in [1.82, 2.24) is 19.9 Å². The summed E-state index contributed by atoms with van der Waals surface area (Å²) in [4.78, 5) is 22.0. The Bertz CT molecular complexity index is 1190. The number of halogens is 1. The second-order valence-electron chi connectivity index (χ2n) is 7.02. The molecule has 2 heterocycles. The topological polar surface area (TPSA) is 59.8 Å². The lowest BCUT2D eigenvalue weighted by atomic mass is 10.0. The predicted molar refractivity (Wildman–Crippen MR) is 113 cm³/mol. The first kappa shape index (κ1) is 19.5. The zero-order chi connectivity index (χ0) is 21.1. The van der Waals surface area contributed by atoms with Gasteiger partial charge in [0.05, 0.1) is 17.0 Å². The van der Waals surface area contributed by atoms with Crippen LogP contribution in [0.5, 0.6) is 0 Å². The summed E-state index contributed by atoms with van der Waals surface area (Å²) in [6.45, 7) is 1.79. The maximum atomic E-state index is 14.5. The van der Waals surface area contributed by atoms with Gasteiger partial charge in [-0.05, 0) is 25.1 Å². The molecule has 1 amide bonds. The third kappa shape index (κ3) is 3.85. The summed E-state index contributed by atoms with van der Waals surface area (Å²) in [6.07, 6.45) is 3.38. The van der Waals surface area contributed by atoms with Crippen molar-refractivity contribution in [1.29, 1.82) is 0 Å². The average Bonchev–Trinajstić information content (AvgIpc) is 3.18. The van der Waals surface area contributed by atoms with Crippen molar-refractivity contribution in [2.45, 2.75) is 13.0 Å². The molecule has 0 radical (unpaired) electrons. The molecule has 2 aromatic carbocycles. The van der Waals surface area contributed by atoms with Crippen LogP contribution in [0, 0.1) is 12.7 Å². The van der Waals surface area contributed by atoms with Crippen LogP contribution < -0.4 is 5.32 Å². The molecule has 30 heavy (non-hydrogen) atoms. The molecule has 0 aliphatic carbocycles. The van der Waals surface area contributed by atoms with Gasteiger partial charge in [-0.2, -0.15) is 0 Å². The number of benzene rings is 2. The number of pyridine rings is 1. The highest BCUT2D eigenvalue weighted by Crippen LogP contribution is 2.24. The molecule has 1 atom stereocenters. The van der Waals surface area contributed by atoms with E-state index in [1.807, 2.05) is 43.4 Å². The SMILES string of the molecule is Cc1nc(-c2ccccc2)ccc1C(=O)NC(c1ccccc1F)c1nccn1C. The summed E-state index contributed by atoms with van der Waals surface area (Å²) in [7, 11) is 1.81. The molecule has 1 N–H and O–H groups in total. The van der Waals surface area contributed by atoms with E-state index < -0.39 is 11.9 Å². The Labute approximate surface area is 174 Å². The van der Waals surface area contributed by atoms with E-state index in [0.29, 0.717) is 22.6 Å². The Morgan fingerprint density at radius 1 is 1.03 bits per heavy atom. The van der Waals surface area contributed by atoms with Crippen molar-refractivity contribution in [3.05, 3.63) is 108 Å². The van der Waals surface area contributed by atoms with Gasteiger partial charge in [0.2, 0.25) is 0 Å². The van der Waals surface area contributed by atoms with Gasteiger partial charge in [-0.25, -0.2) is 9.37 Å². The smallest absolute Gasteiger partial charge is 0.253 e. The van der Waals surface area contributed by atoms with Crippen LogP contribution in [-0.4, -0.2) is 20.4 Å². The zero-order valence-electron chi connectivity index (χ0n) is 16.7. The van der Waals surface area contributed by atoms with E-state index in [9.17, 15) is 9.18 Å². The Morgan fingerprint density at radius 3 is 2.43 bits per heavy atom. The molecular weight excluding hydrogens is 379 g/mol. The fraction of sp³-hybridized carbons (Fsp3) is 0.125. The van der Waals surface area contributed by atoms with E-state index in [0.717, 1.165) is 11.3 Å². The number of rotatable bonds is 5. The van der Waals surface area contributed by atoms with Gasteiger partial charge in [0.1, 0.15) is 17.7 Å². The second kappa shape index (κ2) is 8.29. The third-order valence-electron chi connectivity index (χ3n) is 5.01. The maximum Gasteiger partial charge on any atom is 0.253 e. The first-order valence-corrected chi connectivity index (χ1v) is 9.60. The molecule has 5 nitrogen and oxygen atoms in total. The molecule has 4 rings (SSSR count).